The normalized spacial score (nSPS) is 26.1. The molecule has 102 valence electrons. The standard InChI is InChI=1S/C13H28N2OS/c1-11(2)9-13-10-15(7-6-14-13)12(3)5-8-17(4)16/h11-14H,5-10H2,1-4H3. The monoisotopic (exact) mass is 260 g/mol. The average Bonchev–Trinajstić information content (AvgIpc) is 2.25. The summed E-state index contributed by atoms with van der Waals surface area (Å²) >= 11 is 0. The molecule has 3 unspecified atom stereocenters. The van der Waals surface area contributed by atoms with Crippen molar-refractivity contribution in [2.45, 2.75) is 45.7 Å². The number of nitrogens with zero attached hydrogens (tertiary/aromatic N) is 1. The Morgan fingerprint density at radius 2 is 2.12 bits per heavy atom. The molecule has 1 aliphatic rings. The number of hydrogen-bond acceptors (Lipinski definition) is 3. The van der Waals surface area contributed by atoms with Crippen molar-refractivity contribution in [1.82, 2.24) is 10.2 Å². The maximum Gasteiger partial charge on any atom is 0.0246 e. The van der Waals surface area contributed by atoms with Crippen LogP contribution in [-0.4, -0.2) is 52.8 Å². The van der Waals surface area contributed by atoms with Gasteiger partial charge < -0.3 is 5.32 Å². The molecule has 0 aliphatic carbocycles. The summed E-state index contributed by atoms with van der Waals surface area (Å²) in [5.41, 5.74) is 0. The summed E-state index contributed by atoms with van der Waals surface area (Å²) in [5.74, 6) is 1.59. The quantitative estimate of drug-likeness (QED) is 0.785. The Balaban J connectivity index is 2.34. The number of rotatable bonds is 6. The Morgan fingerprint density at radius 3 is 2.71 bits per heavy atom. The van der Waals surface area contributed by atoms with Crippen LogP contribution in [0.2, 0.25) is 0 Å². The summed E-state index contributed by atoms with van der Waals surface area (Å²) in [6, 6.07) is 1.20. The van der Waals surface area contributed by atoms with Crippen LogP contribution in [-0.2, 0) is 10.8 Å². The van der Waals surface area contributed by atoms with Crippen molar-refractivity contribution < 1.29 is 4.21 Å². The first-order valence-electron chi connectivity index (χ1n) is 6.76. The highest BCUT2D eigenvalue weighted by molar-refractivity contribution is 7.84. The minimum absolute atomic E-state index is 0.565. The van der Waals surface area contributed by atoms with Crippen LogP contribution >= 0.6 is 0 Å². The molecule has 0 aromatic rings. The lowest BCUT2D eigenvalue weighted by Gasteiger charge is -2.38. The lowest BCUT2D eigenvalue weighted by molar-refractivity contribution is 0.141. The topological polar surface area (TPSA) is 32.3 Å². The predicted octanol–water partition coefficient (Wildman–Crippen LogP) is 1.46. The molecule has 0 saturated carbocycles. The smallest absolute Gasteiger partial charge is 0.0246 e. The van der Waals surface area contributed by atoms with Gasteiger partial charge in [-0.2, -0.15) is 0 Å². The van der Waals surface area contributed by atoms with Crippen LogP contribution in [0.4, 0.5) is 0 Å². The summed E-state index contributed by atoms with van der Waals surface area (Å²) in [4.78, 5) is 2.55. The molecule has 3 nitrogen and oxygen atoms in total. The molecule has 0 radical (unpaired) electrons. The summed E-state index contributed by atoms with van der Waals surface area (Å²) in [7, 11) is -0.651. The first-order valence-corrected chi connectivity index (χ1v) is 8.49. The Hall–Kier alpha value is 0.0700. The molecular weight excluding hydrogens is 232 g/mol. The lowest BCUT2D eigenvalue weighted by atomic mass is 10.0. The van der Waals surface area contributed by atoms with Gasteiger partial charge in [0.05, 0.1) is 0 Å². The molecule has 0 aromatic heterocycles. The molecule has 1 N–H and O–H groups in total. The SMILES string of the molecule is CC(C)CC1CN(C(C)CCS(C)=O)CCN1. The maximum atomic E-state index is 11.1. The molecule has 1 fully saturated rings. The highest BCUT2D eigenvalue weighted by Crippen LogP contribution is 2.13. The minimum atomic E-state index is -0.651. The minimum Gasteiger partial charge on any atom is -0.311 e. The molecule has 0 spiro atoms. The molecular formula is C13H28N2OS. The molecule has 17 heavy (non-hydrogen) atoms. The summed E-state index contributed by atoms with van der Waals surface area (Å²) < 4.78 is 11.1. The van der Waals surface area contributed by atoms with Gasteiger partial charge >= 0.3 is 0 Å². The van der Waals surface area contributed by atoms with Crippen LogP contribution in [0.25, 0.3) is 0 Å². The van der Waals surface area contributed by atoms with E-state index in [-0.39, 0.29) is 0 Å². The molecule has 1 saturated heterocycles. The van der Waals surface area contributed by atoms with E-state index in [1.54, 1.807) is 6.26 Å². The van der Waals surface area contributed by atoms with Gasteiger partial charge in [0.15, 0.2) is 0 Å². The Labute approximate surface area is 109 Å². The Bertz CT molecular complexity index is 246. The highest BCUT2D eigenvalue weighted by atomic mass is 32.2. The highest BCUT2D eigenvalue weighted by Gasteiger charge is 2.23. The second-order valence-corrected chi connectivity index (χ2v) is 7.25. The molecule has 0 aromatic carbocycles. The van der Waals surface area contributed by atoms with Gasteiger partial charge in [-0.3, -0.25) is 9.11 Å². The van der Waals surface area contributed by atoms with E-state index >= 15 is 0 Å². The van der Waals surface area contributed by atoms with Crippen molar-refractivity contribution in [3.05, 3.63) is 0 Å². The van der Waals surface area contributed by atoms with Gasteiger partial charge in [-0.1, -0.05) is 13.8 Å². The number of nitrogens with one attached hydrogen (secondary N) is 1. The van der Waals surface area contributed by atoms with E-state index in [9.17, 15) is 4.21 Å². The van der Waals surface area contributed by atoms with E-state index in [1.165, 1.54) is 6.42 Å². The lowest BCUT2D eigenvalue weighted by Crippen LogP contribution is -2.53. The van der Waals surface area contributed by atoms with Gasteiger partial charge in [-0.25, -0.2) is 0 Å². The van der Waals surface area contributed by atoms with Crippen LogP contribution in [0, 0.1) is 5.92 Å². The zero-order chi connectivity index (χ0) is 12.8. The van der Waals surface area contributed by atoms with Gasteiger partial charge in [-0.15, -0.1) is 0 Å². The van der Waals surface area contributed by atoms with Crippen LogP contribution in [0.3, 0.4) is 0 Å². The van der Waals surface area contributed by atoms with Crippen molar-refractivity contribution in [3.63, 3.8) is 0 Å². The van der Waals surface area contributed by atoms with Crippen molar-refractivity contribution in [1.29, 1.82) is 0 Å². The molecule has 0 amide bonds. The average molecular weight is 260 g/mol. The summed E-state index contributed by atoms with van der Waals surface area (Å²) in [6.45, 7) is 10.2. The third kappa shape index (κ3) is 5.98. The van der Waals surface area contributed by atoms with E-state index in [1.807, 2.05) is 0 Å². The van der Waals surface area contributed by atoms with Crippen LogP contribution in [0.15, 0.2) is 0 Å². The zero-order valence-electron chi connectivity index (χ0n) is 11.7. The Kier molecular flexibility index (Phi) is 6.67. The van der Waals surface area contributed by atoms with Gasteiger partial charge in [-0.05, 0) is 25.7 Å². The second-order valence-electron chi connectivity index (χ2n) is 5.69. The van der Waals surface area contributed by atoms with Crippen molar-refractivity contribution in [2.75, 3.05) is 31.6 Å². The molecule has 1 heterocycles. The van der Waals surface area contributed by atoms with Crippen molar-refractivity contribution >= 4 is 10.8 Å². The second kappa shape index (κ2) is 7.49. The number of piperazine rings is 1. The predicted molar refractivity (Wildman–Crippen MR) is 75.8 cm³/mol. The third-order valence-electron chi connectivity index (χ3n) is 3.49. The van der Waals surface area contributed by atoms with Gasteiger partial charge in [0.25, 0.3) is 0 Å². The first-order chi connectivity index (χ1) is 7.99. The largest absolute Gasteiger partial charge is 0.311 e. The fourth-order valence-corrected chi connectivity index (χ4v) is 3.17. The van der Waals surface area contributed by atoms with E-state index < -0.39 is 10.8 Å². The number of hydrogen-bond donors (Lipinski definition) is 1. The first kappa shape index (κ1) is 15.1. The molecule has 1 rings (SSSR count). The van der Waals surface area contributed by atoms with Crippen LogP contribution < -0.4 is 5.32 Å². The van der Waals surface area contributed by atoms with Gasteiger partial charge in [0, 0.05) is 54.5 Å². The van der Waals surface area contributed by atoms with Crippen molar-refractivity contribution in [2.24, 2.45) is 5.92 Å². The van der Waals surface area contributed by atoms with E-state index in [2.05, 4.69) is 31.0 Å². The maximum absolute atomic E-state index is 11.1. The molecule has 4 heteroatoms. The summed E-state index contributed by atoms with van der Waals surface area (Å²) in [5, 5.41) is 3.60. The van der Waals surface area contributed by atoms with Crippen LogP contribution in [0.5, 0.6) is 0 Å². The zero-order valence-corrected chi connectivity index (χ0v) is 12.6. The fourth-order valence-electron chi connectivity index (χ4n) is 2.50. The van der Waals surface area contributed by atoms with Crippen molar-refractivity contribution in [3.8, 4) is 0 Å². The van der Waals surface area contributed by atoms with Crippen LogP contribution in [0.1, 0.15) is 33.6 Å². The third-order valence-corrected chi connectivity index (χ3v) is 4.30. The summed E-state index contributed by atoms with van der Waals surface area (Å²) in [6.07, 6.45) is 4.10. The molecule has 1 aliphatic heterocycles. The van der Waals surface area contributed by atoms with E-state index in [0.29, 0.717) is 12.1 Å². The molecule has 0 bridgehead atoms. The van der Waals surface area contributed by atoms with Gasteiger partial charge in [0.2, 0.25) is 0 Å². The van der Waals surface area contributed by atoms with E-state index in [4.69, 9.17) is 0 Å². The fraction of sp³-hybridized carbons (Fsp3) is 1.00. The van der Waals surface area contributed by atoms with E-state index in [0.717, 1.165) is 37.7 Å². The Morgan fingerprint density at radius 1 is 1.41 bits per heavy atom. The van der Waals surface area contributed by atoms with Gasteiger partial charge in [0.1, 0.15) is 0 Å². The molecule has 3 atom stereocenters.